The van der Waals surface area contributed by atoms with Crippen molar-refractivity contribution >= 4 is 28.8 Å². The first-order valence-electron chi connectivity index (χ1n) is 7.45. The Balaban J connectivity index is 1.70. The Morgan fingerprint density at radius 2 is 2.27 bits per heavy atom. The van der Waals surface area contributed by atoms with Gasteiger partial charge in [0.15, 0.2) is 0 Å². The van der Waals surface area contributed by atoms with Gasteiger partial charge in [-0.15, -0.1) is 11.3 Å². The molecule has 0 aliphatic carbocycles. The molecule has 1 aliphatic heterocycles. The summed E-state index contributed by atoms with van der Waals surface area (Å²) < 4.78 is 0. The minimum Gasteiger partial charge on any atom is -0.369 e. The van der Waals surface area contributed by atoms with E-state index in [1.54, 1.807) is 11.3 Å². The highest BCUT2D eigenvalue weighted by Gasteiger charge is 2.27. The number of thiazole rings is 1. The molecule has 0 spiro atoms. The van der Waals surface area contributed by atoms with Crippen molar-refractivity contribution in [2.24, 2.45) is 11.7 Å². The number of nitrogens with zero attached hydrogens (tertiary/aromatic N) is 1. The maximum absolute atomic E-state index is 11.4. The second kappa shape index (κ2) is 6.77. The lowest BCUT2D eigenvalue weighted by molar-refractivity contribution is -0.921. The van der Waals surface area contributed by atoms with Crippen LogP contribution in [0.25, 0.3) is 10.6 Å². The number of halogens is 1. The summed E-state index contributed by atoms with van der Waals surface area (Å²) in [6.45, 7) is 2.72. The monoisotopic (exact) mass is 336 g/mol. The number of likely N-dealkylation sites (tertiary alicyclic amines) is 1. The maximum Gasteiger partial charge on any atom is 0.226 e. The van der Waals surface area contributed by atoms with Crippen LogP contribution in [0.4, 0.5) is 0 Å². The van der Waals surface area contributed by atoms with E-state index in [-0.39, 0.29) is 11.8 Å². The Bertz CT molecular complexity index is 673. The highest BCUT2D eigenvalue weighted by Crippen LogP contribution is 2.29. The summed E-state index contributed by atoms with van der Waals surface area (Å²) >= 11 is 7.84. The summed E-state index contributed by atoms with van der Waals surface area (Å²) in [5, 5.41) is 3.76. The number of benzene rings is 1. The fourth-order valence-electron chi connectivity index (χ4n) is 2.96. The molecule has 2 heterocycles. The lowest BCUT2D eigenvalue weighted by atomic mass is 9.97. The highest BCUT2D eigenvalue weighted by atomic mass is 35.5. The van der Waals surface area contributed by atoms with Crippen molar-refractivity contribution in [3.63, 3.8) is 0 Å². The average molecular weight is 337 g/mol. The quantitative estimate of drug-likeness (QED) is 0.893. The zero-order valence-electron chi connectivity index (χ0n) is 12.2. The molecule has 2 atom stereocenters. The van der Waals surface area contributed by atoms with Crippen LogP contribution in [0.1, 0.15) is 18.5 Å². The Morgan fingerprint density at radius 1 is 1.45 bits per heavy atom. The van der Waals surface area contributed by atoms with Gasteiger partial charge in [-0.2, -0.15) is 0 Å². The van der Waals surface area contributed by atoms with Crippen LogP contribution in [0.15, 0.2) is 29.6 Å². The molecule has 0 bridgehead atoms. The van der Waals surface area contributed by atoms with Gasteiger partial charge in [-0.05, 0) is 18.9 Å². The first-order chi connectivity index (χ1) is 10.6. The predicted molar refractivity (Wildman–Crippen MR) is 88.9 cm³/mol. The van der Waals surface area contributed by atoms with Crippen LogP contribution >= 0.6 is 22.9 Å². The van der Waals surface area contributed by atoms with Gasteiger partial charge in [0.05, 0.1) is 24.0 Å². The summed E-state index contributed by atoms with van der Waals surface area (Å²) in [6, 6.07) is 7.75. The Hall–Kier alpha value is -1.43. The molecule has 1 amide bonds. The second-order valence-electron chi connectivity index (χ2n) is 5.75. The fourth-order valence-corrected chi connectivity index (χ4v) is 4.10. The van der Waals surface area contributed by atoms with Crippen LogP contribution in [0.3, 0.4) is 0 Å². The third-order valence-electron chi connectivity index (χ3n) is 4.11. The van der Waals surface area contributed by atoms with Gasteiger partial charge in [0.2, 0.25) is 5.91 Å². The van der Waals surface area contributed by atoms with Gasteiger partial charge < -0.3 is 10.6 Å². The average Bonchev–Trinajstić information content (AvgIpc) is 2.96. The number of hydrogen-bond acceptors (Lipinski definition) is 3. The molecule has 1 aliphatic rings. The van der Waals surface area contributed by atoms with Crippen LogP contribution in [-0.2, 0) is 11.3 Å². The molecular formula is C16H19ClN3OS+. The van der Waals surface area contributed by atoms with Crippen molar-refractivity contribution in [2.45, 2.75) is 19.4 Å². The van der Waals surface area contributed by atoms with Crippen molar-refractivity contribution in [1.29, 1.82) is 0 Å². The first-order valence-corrected chi connectivity index (χ1v) is 8.71. The van der Waals surface area contributed by atoms with Crippen LogP contribution in [0, 0.1) is 5.92 Å². The van der Waals surface area contributed by atoms with E-state index in [0.29, 0.717) is 0 Å². The molecule has 22 heavy (non-hydrogen) atoms. The molecule has 1 aromatic carbocycles. The molecule has 3 N–H and O–H groups in total. The zero-order chi connectivity index (χ0) is 15.5. The normalized spacial score (nSPS) is 21.7. The van der Waals surface area contributed by atoms with Gasteiger partial charge in [-0.25, -0.2) is 4.98 Å². The molecule has 2 aromatic rings. The number of hydrogen-bond donors (Lipinski definition) is 2. The second-order valence-corrected chi connectivity index (χ2v) is 7.01. The van der Waals surface area contributed by atoms with E-state index in [1.807, 2.05) is 24.3 Å². The SMILES string of the molecule is NC(=O)[C@@H]1CCC[NH+](Cc2csc(-c3ccccc3Cl)n2)C1. The minimum atomic E-state index is -0.174. The summed E-state index contributed by atoms with van der Waals surface area (Å²) in [4.78, 5) is 17.4. The zero-order valence-corrected chi connectivity index (χ0v) is 13.8. The molecule has 1 unspecified atom stereocenters. The molecule has 116 valence electrons. The van der Waals surface area contributed by atoms with Crippen molar-refractivity contribution in [3.8, 4) is 10.6 Å². The van der Waals surface area contributed by atoms with Crippen molar-refractivity contribution in [3.05, 3.63) is 40.4 Å². The maximum atomic E-state index is 11.4. The van der Waals surface area contributed by atoms with Crippen molar-refractivity contribution < 1.29 is 9.69 Å². The van der Waals surface area contributed by atoms with E-state index in [0.717, 1.165) is 53.8 Å². The molecule has 1 saturated heterocycles. The van der Waals surface area contributed by atoms with E-state index in [2.05, 4.69) is 5.38 Å². The van der Waals surface area contributed by atoms with Crippen molar-refractivity contribution in [2.75, 3.05) is 13.1 Å². The van der Waals surface area contributed by atoms with E-state index in [4.69, 9.17) is 22.3 Å². The lowest BCUT2D eigenvalue weighted by Crippen LogP contribution is -3.12. The molecule has 1 aromatic heterocycles. The van der Waals surface area contributed by atoms with Crippen LogP contribution < -0.4 is 10.6 Å². The molecule has 3 rings (SSSR count). The molecular weight excluding hydrogens is 318 g/mol. The smallest absolute Gasteiger partial charge is 0.226 e. The van der Waals surface area contributed by atoms with Gasteiger partial charge in [-0.1, -0.05) is 29.8 Å². The fraction of sp³-hybridized carbons (Fsp3) is 0.375. The molecule has 1 fully saturated rings. The number of primary amides is 1. The van der Waals surface area contributed by atoms with Crippen LogP contribution in [0.5, 0.6) is 0 Å². The number of carbonyl (C=O) groups is 1. The van der Waals surface area contributed by atoms with E-state index in [1.165, 1.54) is 4.90 Å². The minimum absolute atomic E-state index is 0.00502. The van der Waals surface area contributed by atoms with Gasteiger partial charge in [-0.3, -0.25) is 4.79 Å². The van der Waals surface area contributed by atoms with E-state index in [9.17, 15) is 4.79 Å². The van der Waals surface area contributed by atoms with Gasteiger partial charge >= 0.3 is 0 Å². The third kappa shape index (κ3) is 3.48. The number of piperidine rings is 1. The number of rotatable bonds is 4. The molecule has 4 nitrogen and oxygen atoms in total. The number of aromatic nitrogens is 1. The van der Waals surface area contributed by atoms with Crippen LogP contribution in [0.2, 0.25) is 5.02 Å². The van der Waals surface area contributed by atoms with Gasteiger partial charge in [0.25, 0.3) is 0 Å². The molecule has 6 heteroatoms. The predicted octanol–water partition coefficient (Wildman–Crippen LogP) is 1.74. The topological polar surface area (TPSA) is 60.4 Å². The first kappa shape index (κ1) is 15.5. The standard InChI is InChI=1S/C16H18ClN3OS/c17-14-6-2-1-5-13(14)16-19-12(10-22-16)9-20-7-3-4-11(8-20)15(18)21/h1-2,5-6,10-11H,3-4,7-9H2,(H2,18,21)/p+1/t11-/m1/s1. The summed E-state index contributed by atoms with van der Waals surface area (Å²) in [7, 11) is 0. The number of amides is 1. The van der Waals surface area contributed by atoms with Gasteiger partial charge in [0, 0.05) is 10.9 Å². The number of nitrogens with two attached hydrogens (primary N) is 1. The number of nitrogens with one attached hydrogen (secondary N) is 1. The number of quaternary nitrogens is 1. The van der Waals surface area contributed by atoms with E-state index < -0.39 is 0 Å². The largest absolute Gasteiger partial charge is 0.369 e. The van der Waals surface area contributed by atoms with Crippen molar-refractivity contribution in [1.82, 2.24) is 4.98 Å². The van der Waals surface area contributed by atoms with Gasteiger partial charge in [0.1, 0.15) is 17.2 Å². The lowest BCUT2D eigenvalue weighted by Gasteiger charge is -2.27. The molecule has 0 saturated carbocycles. The summed E-state index contributed by atoms with van der Waals surface area (Å²) in [6.07, 6.45) is 1.96. The number of carbonyl (C=O) groups excluding carboxylic acids is 1. The summed E-state index contributed by atoms with van der Waals surface area (Å²) in [5.74, 6) is -0.169. The Kier molecular flexibility index (Phi) is 4.76. The van der Waals surface area contributed by atoms with E-state index >= 15 is 0 Å². The Morgan fingerprint density at radius 3 is 3.05 bits per heavy atom. The summed E-state index contributed by atoms with van der Waals surface area (Å²) in [5.41, 5.74) is 7.47. The highest BCUT2D eigenvalue weighted by molar-refractivity contribution is 7.13. The third-order valence-corrected chi connectivity index (χ3v) is 5.36. The molecule has 0 radical (unpaired) electrons. The van der Waals surface area contributed by atoms with Crippen LogP contribution in [-0.4, -0.2) is 24.0 Å². The Labute approximate surface area is 138 Å².